The molecule has 1 fully saturated rings. The van der Waals surface area contributed by atoms with E-state index in [-0.39, 0.29) is 23.7 Å². The Morgan fingerprint density at radius 2 is 2.15 bits per heavy atom. The van der Waals surface area contributed by atoms with Crippen molar-refractivity contribution < 1.29 is 17.9 Å². The number of rotatable bonds is 9. The van der Waals surface area contributed by atoms with E-state index in [0.717, 1.165) is 25.8 Å². The zero-order valence-corrected chi connectivity index (χ0v) is 12.5. The first-order valence-electron chi connectivity index (χ1n) is 6.91. The minimum atomic E-state index is -3.63. The number of hydrogen-bond acceptors (Lipinski definition) is 5. The molecule has 1 heterocycles. The van der Waals surface area contributed by atoms with Crippen LogP contribution in [-0.2, 0) is 16.6 Å². The normalized spacial score (nSPS) is 17.3. The van der Waals surface area contributed by atoms with Crippen LogP contribution in [0.3, 0.4) is 0 Å². The molecule has 6 nitrogen and oxygen atoms in total. The lowest BCUT2D eigenvalue weighted by Crippen LogP contribution is -2.31. The first-order chi connectivity index (χ1) is 9.51. The molecule has 114 valence electrons. The van der Waals surface area contributed by atoms with Gasteiger partial charge in [-0.3, -0.25) is 0 Å². The molecule has 0 spiro atoms. The van der Waals surface area contributed by atoms with Crippen LogP contribution < -0.4 is 10.0 Å². The molecule has 0 aliphatic heterocycles. The van der Waals surface area contributed by atoms with Crippen molar-refractivity contribution in [2.45, 2.75) is 37.8 Å². The fraction of sp³-hybridized carbons (Fsp3) is 0.692. The van der Waals surface area contributed by atoms with Crippen molar-refractivity contribution in [2.24, 2.45) is 5.41 Å². The van der Waals surface area contributed by atoms with Crippen molar-refractivity contribution in [3.05, 3.63) is 17.9 Å². The van der Waals surface area contributed by atoms with Crippen LogP contribution in [0.5, 0.6) is 0 Å². The molecule has 3 N–H and O–H groups in total. The van der Waals surface area contributed by atoms with E-state index in [1.54, 1.807) is 6.07 Å². The van der Waals surface area contributed by atoms with Crippen LogP contribution in [-0.4, -0.2) is 33.2 Å². The van der Waals surface area contributed by atoms with Crippen LogP contribution in [0.15, 0.2) is 21.6 Å². The van der Waals surface area contributed by atoms with Crippen molar-refractivity contribution in [3.8, 4) is 0 Å². The third kappa shape index (κ3) is 3.82. The van der Waals surface area contributed by atoms with E-state index in [4.69, 9.17) is 4.42 Å². The molecule has 1 saturated carbocycles. The molecule has 0 unspecified atom stereocenters. The van der Waals surface area contributed by atoms with Gasteiger partial charge in [0.05, 0.1) is 6.54 Å². The Labute approximate surface area is 119 Å². The first-order valence-corrected chi connectivity index (χ1v) is 8.40. The number of sulfonamides is 1. The van der Waals surface area contributed by atoms with E-state index < -0.39 is 10.0 Å². The van der Waals surface area contributed by atoms with Gasteiger partial charge >= 0.3 is 0 Å². The van der Waals surface area contributed by atoms with Gasteiger partial charge in [-0.25, -0.2) is 13.1 Å². The Balaban J connectivity index is 1.92. The van der Waals surface area contributed by atoms with Gasteiger partial charge in [0.25, 0.3) is 10.0 Å². The minimum Gasteiger partial charge on any atom is -0.447 e. The number of aliphatic hydroxyl groups is 1. The van der Waals surface area contributed by atoms with E-state index in [1.165, 1.54) is 6.07 Å². The van der Waals surface area contributed by atoms with Gasteiger partial charge in [0.1, 0.15) is 5.76 Å². The zero-order chi connectivity index (χ0) is 14.6. The summed E-state index contributed by atoms with van der Waals surface area (Å²) in [5.41, 5.74) is -0.259. The summed E-state index contributed by atoms with van der Waals surface area (Å²) in [5.74, 6) is 0.599. The van der Waals surface area contributed by atoms with Crippen molar-refractivity contribution in [2.75, 3.05) is 19.7 Å². The van der Waals surface area contributed by atoms with E-state index in [1.807, 2.05) is 0 Å². The fourth-order valence-electron chi connectivity index (χ4n) is 1.87. The van der Waals surface area contributed by atoms with E-state index >= 15 is 0 Å². The maximum atomic E-state index is 12.1. The Hall–Kier alpha value is -0.890. The highest BCUT2D eigenvalue weighted by molar-refractivity contribution is 7.89. The van der Waals surface area contributed by atoms with E-state index in [0.29, 0.717) is 12.3 Å². The van der Waals surface area contributed by atoms with Gasteiger partial charge in [-0.2, -0.15) is 0 Å². The standard InChI is InChI=1S/C13H22N2O4S/c1-2-7-14-8-11-3-4-12(19-11)20(17,18)15-9-13(10-16)5-6-13/h3-4,14-16H,2,5-10H2,1H3. The molecule has 7 heteroatoms. The summed E-state index contributed by atoms with van der Waals surface area (Å²) in [7, 11) is -3.63. The second-order valence-corrected chi connectivity index (χ2v) is 7.08. The van der Waals surface area contributed by atoms with Gasteiger partial charge in [0.2, 0.25) is 5.09 Å². The molecule has 0 aromatic carbocycles. The molecule has 2 rings (SSSR count). The van der Waals surface area contributed by atoms with Gasteiger partial charge in [-0.1, -0.05) is 6.92 Å². The van der Waals surface area contributed by atoms with Gasteiger partial charge in [0, 0.05) is 18.6 Å². The Morgan fingerprint density at radius 1 is 1.40 bits per heavy atom. The highest BCUT2D eigenvalue weighted by Crippen LogP contribution is 2.44. The SMILES string of the molecule is CCCNCc1ccc(S(=O)(=O)NCC2(CO)CC2)o1. The molecule has 1 aromatic heterocycles. The monoisotopic (exact) mass is 302 g/mol. The molecule has 1 aromatic rings. The number of furan rings is 1. The number of nitrogens with one attached hydrogen (secondary N) is 2. The molecule has 1 aliphatic carbocycles. The average Bonchev–Trinajstić information content (AvgIpc) is 3.06. The third-order valence-electron chi connectivity index (χ3n) is 3.56. The van der Waals surface area contributed by atoms with Crippen molar-refractivity contribution in [1.29, 1.82) is 0 Å². The summed E-state index contributed by atoms with van der Waals surface area (Å²) in [6.07, 6.45) is 2.73. The predicted octanol–water partition coefficient (Wildman–Crippen LogP) is 0.830. The Morgan fingerprint density at radius 3 is 2.75 bits per heavy atom. The summed E-state index contributed by atoms with van der Waals surface area (Å²) in [4.78, 5) is 0. The summed E-state index contributed by atoms with van der Waals surface area (Å²) in [6.45, 7) is 3.71. The summed E-state index contributed by atoms with van der Waals surface area (Å²) < 4.78 is 32.0. The topological polar surface area (TPSA) is 91.6 Å². The van der Waals surface area contributed by atoms with E-state index in [9.17, 15) is 13.5 Å². The molecule has 0 atom stereocenters. The molecule has 0 amide bonds. The van der Waals surface area contributed by atoms with Crippen LogP contribution in [0, 0.1) is 5.41 Å². The number of hydrogen-bond donors (Lipinski definition) is 3. The maximum Gasteiger partial charge on any atom is 0.273 e. The number of aliphatic hydroxyl groups excluding tert-OH is 1. The Bertz CT molecular complexity index is 534. The molecule has 0 radical (unpaired) electrons. The van der Waals surface area contributed by atoms with Gasteiger partial charge in [0.15, 0.2) is 0 Å². The van der Waals surface area contributed by atoms with Crippen LogP contribution in [0.1, 0.15) is 31.9 Å². The lowest BCUT2D eigenvalue weighted by molar-refractivity contribution is 0.213. The molecule has 0 bridgehead atoms. The van der Waals surface area contributed by atoms with Crippen LogP contribution >= 0.6 is 0 Å². The van der Waals surface area contributed by atoms with Gasteiger partial charge < -0.3 is 14.8 Å². The molecular formula is C13H22N2O4S. The van der Waals surface area contributed by atoms with Gasteiger partial charge in [-0.15, -0.1) is 0 Å². The summed E-state index contributed by atoms with van der Waals surface area (Å²) in [5, 5.41) is 12.3. The Kier molecular flexibility index (Phi) is 4.85. The molecule has 1 aliphatic rings. The minimum absolute atomic E-state index is 0.0138. The second-order valence-electron chi connectivity index (χ2n) is 5.38. The fourth-order valence-corrected chi connectivity index (χ4v) is 2.98. The maximum absolute atomic E-state index is 12.1. The van der Waals surface area contributed by atoms with Crippen molar-refractivity contribution in [1.82, 2.24) is 10.0 Å². The third-order valence-corrected chi connectivity index (χ3v) is 4.83. The van der Waals surface area contributed by atoms with Crippen molar-refractivity contribution >= 4 is 10.0 Å². The highest BCUT2D eigenvalue weighted by Gasteiger charge is 2.42. The smallest absolute Gasteiger partial charge is 0.273 e. The van der Waals surface area contributed by atoms with Crippen molar-refractivity contribution in [3.63, 3.8) is 0 Å². The molecule has 0 saturated heterocycles. The lowest BCUT2D eigenvalue weighted by atomic mass is 10.1. The largest absolute Gasteiger partial charge is 0.447 e. The zero-order valence-electron chi connectivity index (χ0n) is 11.7. The van der Waals surface area contributed by atoms with Crippen LogP contribution in [0.2, 0.25) is 0 Å². The molecular weight excluding hydrogens is 280 g/mol. The predicted molar refractivity (Wildman–Crippen MR) is 74.6 cm³/mol. The summed E-state index contributed by atoms with van der Waals surface area (Å²) in [6, 6.07) is 3.12. The summed E-state index contributed by atoms with van der Waals surface area (Å²) >= 11 is 0. The van der Waals surface area contributed by atoms with Crippen LogP contribution in [0.4, 0.5) is 0 Å². The average molecular weight is 302 g/mol. The quantitative estimate of drug-likeness (QED) is 0.588. The second kappa shape index (κ2) is 6.26. The molecule has 20 heavy (non-hydrogen) atoms. The lowest BCUT2D eigenvalue weighted by Gasteiger charge is -2.11. The first kappa shape index (κ1) is 15.5. The van der Waals surface area contributed by atoms with Crippen LogP contribution in [0.25, 0.3) is 0 Å². The van der Waals surface area contributed by atoms with Gasteiger partial charge in [-0.05, 0) is 37.9 Å². The highest BCUT2D eigenvalue weighted by atomic mass is 32.2. The van der Waals surface area contributed by atoms with E-state index in [2.05, 4.69) is 17.0 Å².